The summed E-state index contributed by atoms with van der Waals surface area (Å²) in [4.78, 5) is 0. The zero-order valence-corrected chi connectivity index (χ0v) is 13.2. The molecule has 1 aliphatic carbocycles. The average Bonchev–Trinajstić information content (AvgIpc) is 2.77. The third-order valence-corrected chi connectivity index (χ3v) is 4.70. The summed E-state index contributed by atoms with van der Waals surface area (Å²) in [6.45, 7) is 10.5. The van der Waals surface area contributed by atoms with Gasteiger partial charge in [0.1, 0.15) is 0 Å². The van der Waals surface area contributed by atoms with Crippen LogP contribution in [0, 0.1) is 11.3 Å². The summed E-state index contributed by atoms with van der Waals surface area (Å²) in [5.74, 6) is 0.843. The van der Waals surface area contributed by atoms with Crippen molar-refractivity contribution in [2.45, 2.75) is 91.5 Å². The maximum atomic E-state index is 3.83. The Morgan fingerprint density at radius 3 is 2.22 bits per heavy atom. The normalized spacial score (nSPS) is 20.5. The average molecular weight is 253 g/mol. The van der Waals surface area contributed by atoms with E-state index in [-0.39, 0.29) is 0 Å². The lowest BCUT2D eigenvalue weighted by atomic mass is 9.71. The molecule has 1 saturated carbocycles. The van der Waals surface area contributed by atoms with Crippen molar-refractivity contribution in [3.05, 3.63) is 0 Å². The van der Waals surface area contributed by atoms with Crippen molar-refractivity contribution in [1.29, 1.82) is 0 Å². The van der Waals surface area contributed by atoms with E-state index in [0.717, 1.165) is 18.5 Å². The van der Waals surface area contributed by atoms with Gasteiger partial charge in [-0.3, -0.25) is 0 Å². The SMILES string of the molecule is CCCCCC(NCC)C1(CC(C)C)CCCC1. The molecule has 0 aromatic heterocycles. The van der Waals surface area contributed by atoms with Crippen LogP contribution in [0.2, 0.25) is 0 Å². The minimum atomic E-state index is 0.623. The Labute approximate surface area is 115 Å². The van der Waals surface area contributed by atoms with Gasteiger partial charge in [0.2, 0.25) is 0 Å². The van der Waals surface area contributed by atoms with Crippen LogP contribution >= 0.6 is 0 Å². The fourth-order valence-corrected chi connectivity index (χ4v) is 4.06. The fraction of sp³-hybridized carbons (Fsp3) is 1.00. The summed E-state index contributed by atoms with van der Waals surface area (Å²) in [5, 5.41) is 3.83. The van der Waals surface area contributed by atoms with E-state index in [9.17, 15) is 0 Å². The van der Waals surface area contributed by atoms with Crippen molar-refractivity contribution in [1.82, 2.24) is 5.32 Å². The minimum Gasteiger partial charge on any atom is -0.314 e. The number of unbranched alkanes of at least 4 members (excludes halogenated alkanes) is 2. The van der Waals surface area contributed by atoms with Crippen molar-refractivity contribution >= 4 is 0 Å². The predicted octanol–water partition coefficient (Wildman–Crippen LogP) is 5.15. The van der Waals surface area contributed by atoms with Gasteiger partial charge < -0.3 is 5.32 Å². The van der Waals surface area contributed by atoms with Crippen LogP contribution in [-0.4, -0.2) is 12.6 Å². The van der Waals surface area contributed by atoms with Gasteiger partial charge in [0.25, 0.3) is 0 Å². The van der Waals surface area contributed by atoms with E-state index in [1.54, 1.807) is 0 Å². The summed E-state index contributed by atoms with van der Waals surface area (Å²) in [7, 11) is 0. The Morgan fingerprint density at radius 2 is 1.72 bits per heavy atom. The Morgan fingerprint density at radius 1 is 1.06 bits per heavy atom. The highest BCUT2D eigenvalue weighted by Gasteiger charge is 2.40. The van der Waals surface area contributed by atoms with Crippen LogP contribution in [0.1, 0.15) is 85.5 Å². The first-order valence-corrected chi connectivity index (χ1v) is 8.38. The van der Waals surface area contributed by atoms with Gasteiger partial charge >= 0.3 is 0 Å². The van der Waals surface area contributed by atoms with Crippen molar-refractivity contribution in [2.24, 2.45) is 11.3 Å². The van der Waals surface area contributed by atoms with E-state index >= 15 is 0 Å². The summed E-state index contributed by atoms with van der Waals surface area (Å²) in [6.07, 6.45) is 12.8. The van der Waals surface area contributed by atoms with Crippen LogP contribution in [0.15, 0.2) is 0 Å². The van der Waals surface area contributed by atoms with Gasteiger partial charge in [0.15, 0.2) is 0 Å². The van der Waals surface area contributed by atoms with Gasteiger partial charge in [0.05, 0.1) is 0 Å². The summed E-state index contributed by atoms with van der Waals surface area (Å²) < 4.78 is 0. The van der Waals surface area contributed by atoms with Crippen LogP contribution in [0.5, 0.6) is 0 Å². The van der Waals surface area contributed by atoms with E-state index in [2.05, 4.69) is 33.0 Å². The molecule has 0 aliphatic heterocycles. The van der Waals surface area contributed by atoms with Gasteiger partial charge in [-0.1, -0.05) is 59.8 Å². The van der Waals surface area contributed by atoms with Crippen molar-refractivity contribution in [2.75, 3.05) is 6.54 Å². The van der Waals surface area contributed by atoms with Crippen LogP contribution in [0.25, 0.3) is 0 Å². The molecule has 1 nitrogen and oxygen atoms in total. The number of rotatable bonds is 9. The Kier molecular flexibility index (Phi) is 7.29. The summed E-state index contributed by atoms with van der Waals surface area (Å²) in [6, 6.07) is 0.777. The van der Waals surface area contributed by atoms with Crippen molar-refractivity contribution in [3.8, 4) is 0 Å². The van der Waals surface area contributed by atoms with Gasteiger partial charge in [-0.2, -0.15) is 0 Å². The highest BCUT2D eigenvalue weighted by Crippen LogP contribution is 2.47. The second-order valence-electron chi connectivity index (χ2n) is 6.77. The quantitative estimate of drug-likeness (QED) is 0.560. The molecule has 1 unspecified atom stereocenters. The molecule has 0 aromatic rings. The third kappa shape index (κ3) is 4.57. The van der Waals surface area contributed by atoms with Crippen LogP contribution in [-0.2, 0) is 0 Å². The minimum absolute atomic E-state index is 0.623. The van der Waals surface area contributed by atoms with Crippen molar-refractivity contribution in [3.63, 3.8) is 0 Å². The molecule has 108 valence electrons. The maximum absolute atomic E-state index is 3.83. The van der Waals surface area contributed by atoms with Crippen LogP contribution in [0.4, 0.5) is 0 Å². The molecule has 1 atom stereocenters. The Hall–Kier alpha value is -0.0400. The largest absolute Gasteiger partial charge is 0.314 e. The molecule has 0 saturated heterocycles. The summed E-state index contributed by atoms with van der Waals surface area (Å²) in [5.41, 5.74) is 0.623. The van der Waals surface area contributed by atoms with E-state index in [1.807, 2.05) is 0 Å². The standard InChI is InChI=1S/C17H35N/c1-5-7-8-11-16(18-6-2)17(14-15(3)4)12-9-10-13-17/h15-16,18H,5-14H2,1-4H3. The van der Waals surface area contributed by atoms with E-state index in [4.69, 9.17) is 0 Å². The molecular weight excluding hydrogens is 218 g/mol. The Bertz CT molecular complexity index is 204. The third-order valence-electron chi connectivity index (χ3n) is 4.70. The first kappa shape index (κ1) is 16.0. The molecule has 1 fully saturated rings. The molecule has 1 heteroatoms. The fourth-order valence-electron chi connectivity index (χ4n) is 4.06. The zero-order chi connectivity index (χ0) is 13.4. The maximum Gasteiger partial charge on any atom is 0.0123 e. The molecule has 1 N–H and O–H groups in total. The molecular formula is C17H35N. The smallest absolute Gasteiger partial charge is 0.0123 e. The molecule has 0 radical (unpaired) electrons. The highest BCUT2D eigenvalue weighted by molar-refractivity contribution is 4.95. The van der Waals surface area contributed by atoms with Crippen LogP contribution < -0.4 is 5.32 Å². The number of hydrogen-bond donors (Lipinski definition) is 1. The lowest BCUT2D eigenvalue weighted by molar-refractivity contribution is 0.146. The molecule has 18 heavy (non-hydrogen) atoms. The van der Waals surface area contributed by atoms with Gasteiger partial charge in [-0.25, -0.2) is 0 Å². The number of hydrogen-bond acceptors (Lipinski definition) is 1. The molecule has 0 bridgehead atoms. The van der Waals surface area contributed by atoms with E-state index in [1.165, 1.54) is 57.8 Å². The first-order valence-electron chi connectivity index (χ1n) is 8.38. The van der Waals surface area contributed by atoms with E-state index in [0.29, 0.717) is 5.41 Å². The summed E-state index contributed by atoms with van der Waals surface area (Å²) >= 11 is 0. The molecule has 1 rings (SSSR count). The first-order chi connectivity index (χ1) is 8.64. The molecule has 0 amide bonds. The van der Waals surface area contributed by atoms with E-state index < -0.39 is 0 Å². The van der Waals surface area contributed by atoms with Gasteiger partial charge in [0, 0.05) is 6.04 Å². The number of nitrogens with one attached hydrogen (secondary N) is 1. The molecule has 0 aromatic carbocycles. The second kappa shape index (κ2) is 8.19. The Balaban J connectivity index is 2.64. The molecule has 0 heterocycles. The zero-order valence-electron chi connectivity index (χ0n) is 13.2. The van der Waals surface area contributed by atoms with Crippen molar-refractivity contribution < 1.29 is 0 Å². The molecule has 1 aliphatic rings. The van der Waals surface area contributed by atoms with Crippen LogP contribution in [0.3, 0.4) is 0 Å². The topological polar surface area (TPSA) is 12.0 Å². The van der Waals surface area contributed by atoms with Gasteiger partial charge in [-0.15, -0.1) is 0 Å². The second-order valence-corrected chi connectivity index (χ2v) is 6.77. The monoisotopic (exact) mass is 253 g/mol. The molecule has 0 spiro atoms. The predicted molar refractivity (Wildman–Crippen MR) is 82.0 cm³/mol. The van der Waals surface area contributed by atoms with Gasteiger partial charge in [-0.05, 0) is 43.6 Å². The lowest BCUT2D eigenvalue weighted by Crippen LogP contribution is -2.44. The highest BCUT2D eigenvalue weighted by atomic mass is 14.9. The lowest BCUT2D eigenvalue weighted by Gasteiger charge is -2.40.